The van der Waals surface area contributed by atoms with E-state index < -0.39 is 0 Å². The van der Waals surface area contributed by atoms with Crippen molar-refractivity contribution in [2.24, 2.45) is 5.73 Å². The van der Waals surface area contributed by atoms with Crippen molar-refractivity contribution in [2.45, 2.75) is 24.5 Å². The summed E-state index contributed by atoms with van der Waals surface area (Å²) in [5, 5.41) is 0.706. The third-order valence-corrected chi connectivity index (χ3v) is 4.93. The summed E-state index contributed by atoms with van der Waals surface area (Å²) in [5.41, 5.74) is 10.2. The quantitative estimate of drug-likeness (QED) is 0.521. The van der Waals surface area contributed by atoms with Crippen molar-refractivity contribution in [3.05, 3.63) is 88.9 Å². The highest BCUT2D eigenvalue weighted by Gasteiger charge is 2.07. The molecule has 0 aromatic heterocycles. The summed E-state index contributed by atoms with van der Waals surface area (Å²) in [4.78, 5) is 1.07. The Balaban J connectivity index is 1.63. The molecule has 0 aliphatic heterocycles. The predicted molar refractivity (Wildman–Crippen MR) is 107 cm³/mol. The largest absolute Gasteiger partial charge is 0.324 e. The van der Waals surface area contributed by atoms with Crippen molar-refractivity contribution in [1.29, 1.82) is 0 Å². The van der Waals surface area contributed by atoms with Crippen LogP contribution in [0.25, 0.3) is 11.1 Å². The minimum Gasteiger partial charge on any atom is -0.324 e. The summed E-state index contributed by atoms with van der Waals surface area (Å²) in [5.74, 6) is 0. The van der Waals surface area contributed by atoms with Crippen molar-refractivity contribution < 1.29 is 4.18 Å². The summed E-state index contributed by atoms with van der Waals surface area (Å²) < 4.78 is 5.69. The molecule has 25 heavy (non-hydrogen) atoms. The van der Waals surface area contributed by atoms with Crippen LogP contribution in [0.2, 0.25) is 5.02 Å². The van der Waals surface area contributed by atoms with Gasteiger partial charge in [0.05, 0.1) is 6.61 Å². The van der Waals surface area contributed by atoms with Crippen molar-refractivity contribution in [1.82, 2.24) is 0 Å². The maximum absolute atomic E-state index is 6.33. The van der Waals surface area contributed by atoms with Gasteiger partial charge in [0, 0.05) is 28.0 Å². The second-order valence-corrected chi connectivity index (χ2v) is 7.16. The third kappa shape index (κ3) is 4.86. The van der Waals surface area contributed by atoms with Crippen molar-refractivity contribution in [2.75, 3.05) is 0 Å². The molecule has 3 rings (SSSR count). The Morgan fingerprint density at radius 3 is 2.28 bits per heavy atom. The van der Waals surface area contributed by atoms with Gasteiger partial charge < -0.3 is 9.92 Å². The van der Waals surface area contributed by atoms with E-state index in [1.165, 1.54) is 12.0 Å². The molecule has 2 N–H and O–H groups in total. The molecule has 0 spiro atoms. The number of hydrogen-bond donors (Lipinski definition) is 1. The van der Waals surface area contributed by atoms with Gasteiger partial charge in [-0.05, 0) is 47.4 Å². The molecule has 0 saturated heterocycles. The second-order valence-electron chi connectivity index (χ2n) is 5.88. The Labute approximate surface area is 158 Å². The van der Waals surface area contributed by atoms with Crippen LogP contribution in [-0.2, 0) is 10.8 Å². The van der Waals surface area contributed by atoms with Crippen LogP contribution >= 0.6 is 23.6 Å². The number of benzene rings is 3. The summed E-state index contributed by atoms with van der Waals surface area (Å²) in [6, 6.07) is 24.3. The molecule has 0 radical (unpaired) electrons. The van der Waals surface area contributed by atoms with Gasteiger partial charge in [-0.2, -0.15) is 0 Å². The number of nitrogens with two attached hydrogens (primary N) is 1. The summed E-state index contributed by atoms with van der Waals surface area (Å²) in [7, 11) is 0. The molecular formula is C21H20ClNOS. The number of hydrogen-bond acceptors (Lipinski definition) is 3. The molecule has 0 heterocycles. The molecule has 1 atom stereocenters. The highest BCUT2D eigenvalue weighted by molar-refractivity contribution is 7.94. The normalized spacial score (nSPS) is 12.1. The maximum Gasteiger partial charge on any atom is 0.0869 e. The molecule has 0 saturated carbocycles. The van der Waals surface area contributed by atoms with Gasteiger partial charge >= 0.3 is 0 Å². The fraction of sp³-hybridized carbons (Fsp3) is 0.143. The van der Waals surface area contributed by atoms with Crippen LogP contribution in [0.15, 0.2) is 77.7 Å². The van der Waals surface area contributed by atoms with Gasteiger partial charge in [0.2, 0.25) is 0 Å². The molecule has 128 valence electrons. The lowest BCUT2D eigenvalue weighted by Gasteiger charge is -2.10. The molecule has 0 bridgehead atoms. The topological polar surface area (TPSA) is 35.2 Å². The zero-order chi connectivity index (χ0) is 17.6. The van der Waals surface area contributed by atoms with E-state index in [4.69, 9.17) is 21.5 Å². The average molecular weight is 370 g/mol. The van der Waals surface area contributed by atoms with Gasteiger partial charge in [0.25, 0.3) is 0 Å². The first-order valence-corrected chi connectivity index (χ1v) is 9.24. The predicted octanol–water partition coefficient (Wildman–Crippen LogP) is 6.25. The van der Waals surface area contributed by atoms with Crippen LogP contribution in [0.3, 0.4) is 0 Å². The number of rotatable bonds is 6. The van der Waals surface area contributed by atoms with Gasteiger partial charge in [0.15, 0.2) is 0 Å². The van der Waals surface area contributed by atoms with Gasteiger partial charge in [0.1, 0.15) is 0 Å². The van der Waals surface area contributed by atoms with Crippen LogP contribution in [0.4, 0.5) is 0 Å². The highest BCUT2D eigenvalue weighted by Crippen LogP contribution is 2.30. The minimum absolute atomic E-state index is 0.0675. The van der Waals surface area contributed by atoms with E-state index in [0.717, 1.165) is 27.1 Å². The molecular weight excluding hydrogens is 350 g/mol. The van der Waals surface area contributed by atoms with Gasteiger partial charge in [-0.3, -0.25) is 0 Å². The van der Waals surface area contributed by atoms with Gasteiger partial charge in [-0.1, -0.05) is 66.2 Å². The third-order valence-electron chi connectivity index (χ3n) is 3.90. The summed E-state index contributed by atoms with van der Waals surface area (Å²) >= 11 is 7.71. The highest BCUT2D eigenvalue weighted by atomic mass is 35.5. The smallest absolute Gasteiger partial charge is 0.0869 e. The molecule has 1 unspecified atom stereocenters. The maximum atomic E-state index is 6.33. The van der Waals surface area contributed by atoms with E-state index in [1.54, 1.807) is 0 Å². The fourth-order valence-electron chi connectivity index (χ4n) is 2.52. The first kappa shape index (κ1) is 18.0. The summed E-state index contributed by atoms with van der Waals surface area (Å²) in [6.45, 7) is 2.52. The zero-order valence-electron chi connectivity index (χ0n) is 14.0. The summed E-state index contributed by atoms with van der Waals surface area (Å²) in [6.07, 6.45) is 0. The molecule has 2 nitrogen and oxygen atoms in total. The van der Waals surface area contributed by atoms with E-state index in [2.05, 4.69) is 42.5 Å². The lowest BCUT2D eigenvalue weighted by atomic mass is 10.0. The van der Waals surface area contributed by atoms with Gasteiger partial charge in [-0.15, -0.1) is 0 Å². The standard InChI is InChI=1S/C21H20ClNOS/c1-15(23)20-12-9-18(13-21(20)22)17-7-10-19(11-8-17)25-24-14-16-5-3-2-4-6-16/h2-13,15H,14,23H2,1H3. The van der Waals surface area contributed by atoms with E-state index >= 15 is 0 Å². The molecule has 4 heteroatoms. The van der Waals surface area contributed by atoms with Crippen LogP contribution in [0.5, 0.6) is 0 Å². The first-order chi connectivity index (χ1) is 12.1. The SMILES string of the molecule is CC(N)c1ccc(-c2ccc(SOCc3ccccc3)cc2)cc1Cl. The Kier molecular flexibility index (Phi) is 6.16. The van der Waals surface area contributed by atoms with Gasteiger partial charge in [-0.25, -0.2) is 0 Å². The Morgan fingerprint density at radius 2 is 1.64 bits per heavy atom. The number of halogens is 1. The van der Waals surface area contributed by atoms with E-state index in [0.29, 0.717) is 11.6 Å². The van der Waals surface area contributed by atoms with Crippen molar-refractivity contribution in [3.63, 3.8) is 0 Å². The monoisotopic (exact) mass is 369 g/mol. The van der Waals surface area contributed by atoms with E-state index in [1.807, 2.05) is 37.3 Å². The van der Waals surface area contributed by atoms with Crippen molar-refractivity contribution in [3.8, 4) is 11.1 Å². The lowest BCUT2D eigenvalue weighted by molar-refractivity contribution is 0.364. The molecule has 0 aliphatic rings. The van der Waals surface area contributed by atoms with Crippen LogP contribution in [0, 0.1) is 0 Å². The van der Waals surface area contributed by atoms with Crippen LogP contribution in [-0.4, -0.2) is 0 Å². The zero-order valence-corrected chi connectivity index (χ0v) is 15.6. The molecule has 0 aliphatic carbocycles. The minimum atomic E-state index is -0.0675. The van der Waals surface area contributed by atoms with E-state index in [-0.39, 0.29) is 6.04 Å². The van der Waals surface area contributed by atoms with Crippen LogP contribution < -0.4 is 5.73 Å². The lowest BCUT2D eigenvalue weighted by Crippen LogP contribution is -2.05. The molecule has 0 amide bonds. The van der Waals surface area contributed by atoms with Crippen LogP contribution in [0.1, 0.15) is 24.1 Å². The first-order valence-electron chi connectivity index (χ1n) is 8.12. The van der Waals surface area contributed by atoms with E-state index in [9.17, 15) is 0 Å². The Hall–Kier alpha value is -1.78. The second kappa shape index (κ2) is 8.54. The molecule has 3 aromatic carbocycles. The molecule has 3 aromatic rings. The van der Waals surface area contributed by atoms with Crippen molar-refractivity contribution >= 4 is 23.6 Å². The Morgan fingerprint density at radius 1 is 0.960 bits per heavy atom. The average Bonchev–Trinajstić information content (AvgIpc) is 2.63. The fourth-order valence-corrected chi connectivity index (χ4v) is 3.45. The molecule has 0 fully saturated rings. The Bertz CT molecular complexity index is 819.